The van der Waals surface area contributed by atoms with Crippen LogP contribution in [-0.4, -0.2) is 40.4 Å². The summed E-state index contributed by atoms with van der Waals surface area (Å²) in [6.45, 7) is 5.19. The Balaban J connectivity index is 2.26. The van der Waals surface area contributed by atoms with Crippen molar-refractivity contribution in [1.82, 2.24) is 4.90 Å². The molecule has 0 saturated carbocycles. The van der Waals surface area contributed by atoms with Crippen molar-refractivity contribution in [2.75, 3.05) is 6.54 Å². The van der Waals surface area contributed by atoms with Crippen LogP contribution in [0.2, 0.25) is 0 Å². The summed E-state index contributed by atoms with van der Waals surface area (Å²) in [5, 5.41) is 9.05. The van der Waals surface area contributed by atoms with Gasteiger partial charge in [0.05, 0.1) is 18.2 Å². The van der Waals surface area contributed by atoms with Gasteiger partial charge in [0.1, 0.15) is 11.8 Å². The zero-order valence-electron chi connectivity index (χ0n) is 12.9. The summed E-state index contributed by atoms with van der Waals surface area (Å²) in [4.78, 5) is 24.6. The summed E-state index contributed by atoms with van der Waals surface area (Å²) >= 11 is 0. The van der Waals surface area contributed by atoms with Crippen molar-refractivity contribution >= 4 is 12.1 Å². The minimum atomic E-state index is -1.15. The van der Waals surface area contributed by atoms with Gasteiger partial charge in [0.25, 0.3) is 0 Å². The fourth-order valence-corrected chi connectivity index (χ4v) is 2.50. The number of aromatic carboxylic acids is 1. The van der Waals surface area contributed by atoms with Gasteiger partial charge in [-0.2, -0.15) is 0 Å². The smallest absolute Gasteiger partial charge is 0.410 e. The van der Waals surface area contributed by atoms with Gasteiger partial charge in [0, 0.05) is 6.42 Å². The first-order valence-electron chi connectivity index (χ1n) is 7.14. The first-order chi connectivity index (χ1) is 10.2. The maximum atomic E-state index is 13.8. The minimum absolute atomic E-state index is 0.0448. The molecule has 0 aliphatic carbocycles. The number of hydrogen-bond acceptors (Lipinski definition) is 3. The van der Waals surface area contributed by atoms with Gasteiger partial charge >= 0.3 is 12.1 Å². The Labute approximate surface area is 128 Å². The summed E-state index contributed by atoms with van der Waals surface area (Å²) in [5.41, 5.74) is 0.0497. The van der Waals surface area contributed by atoms with E-state index in [1.165, 1.54) is 17.0 Å². The maximum Gasteiger partial charge on any atom is 0.410 e. The van der Waals surface area contributed by atoms with E-state index in [2.05, 4.69) is 0 Å². The number of benzene rings is 1. The molecule has 1 aromatic carbocycles. The van der Waals surface area contributed by atoms with Crippen molar-refractivity contribution < 1.29 is 23.8 Å². The van der Waals surface area contributed by atoms with Crippen LogP contribution in [0.5, 0.6) is 0 Å². The lowest BCUT2D eigenvalue weighted by Crippen LogP contribution is -2.37. The Morgan fingerprint density at radius 1 is 1.36 bits per heavy atom. The molecule has 2 atom stereocenters. The van der Waals surface area contributed by atoms with E-state index in [9.17, 15) is 14.0 Å². The molecule has 1 aliphatic rings. The molecule has 0 radical (unpaired) electrons. The topological polar surface area (TPSA) is 66.8 Å². The van der Waals surface area contributed by atoms with Gasteiger partial charge in [-0.15, -0.1) is 0 Å². The highest BCUT2D eigenvalue weighted by Gasteiger charge is 2.38. The van der Waals surface area contributed by atoms with E-state index in [1.54, 1.807) is 32.9 Å². The lowest BCUT2D eigenvalue weighted by atomic mass is 10.0. The molecule has 22 heavy (non-hydrogen) atoms. The first-order valence-corrected chi connectivity index (χ1v) is 7.14. The van der Waals surface area contributed by atoms with E-state index in [1.807, 2.05) is 0 Å². The Bertz CT molecular complexity index is 582. The number of carboxylic acids is 1. The van der Waals surface area contributed by atoms with Crippen molar-refractivity contribution in [1.29, 1.82) is 0 Å². The van der Waals surface area contributed by atoms with Crippen LogP contribution in [0.1, 0.15) is 49.2 Å². The Morgan fingerprint density at radius 2 is 2.05 bits per heavy atom. The molecule has 120 valence electrons. The summed E-state index contributed by atoms with van der Waals surface area (Å²) < 4.78 is 19.1. The largest absolute Gasteiger partial charge is 0.478 e. The van der Waals surface area contributed by atoms with Crippen LogP contribution in [0.3, 0.4) is 0 Å². The van der Waals surface area contributed by atoms with E-state index < -0.39 is 29.9 Å². The summed E-state index contributed by atoms with van der Waals surface area (Å²) in [7, 11) is 0. The molecule has 6 heteroatoms. The predicted molar refractivity (Wildman–Crippen MR) is 78.6 cm³/mol. The average molecular weight is 309 g/mol. The normalized spacial score (nSPS) is 21.7. The van der Waals surface area contributed by atoms with Gasteiger partial charge in [-0.05, 0) is 38.5 Å². The molecular weight excluding hydrogens is 289 g/mol. The fraction of sp³-hybridized carbons (Fsp3) is 0.500. The Hall–Kier alpha value is -2.11. The van der Waals surface area contributed by atoms with E-state index in [0.29, 0.717) is 5.56 Å². The molecule has 1 N–H and O–H groups in total. The second kappa shape index (κ2) is 5.94. The number of halogens is 1. The van der Waals surface area contributed by atoms with Crippen molar-refractivity contribution in [3.8, 4) is 0 Å². The third kappa shape index (κ3) is 3.75. The fourth-order valence-electron chi connectivity index (χ4n) is 2.50. The Kier molecular flexibility index (Phi) is 4.39. The van der Waals surface area contributed by atoms with E-state index in [4.69, 9.17) is 9.84 Å². The molecular formula is C16H20FNO4. The number of carbonyl (C=O) groups is 2. The lowest BCUT2D eigenvalue weighted by molar-refractivity contribution is 0.0216. The number of alkyl halides is 1. The van der Waals surface area contributed by atoms with Gasteiger partial charge < -0.3 is 9.84 Å². The molecule has 1 amide bonds. The molecule has 1 aromatic rings. The van der Waals surface area contributed by atoms with E-state index >= 15 is 0 Å². The van der Waals surface area contributed by atoms with Crippen molar-refractivity contribution in [2.45, 2.75) is 45.0 Å². The minimum Gasteiger partial charge on any atom is -0.478 e. The molecule has 0 bridgehead atoms. The number of carbonyl (C=O) groups excluding carboxylic acids is 1. The van der Waals surface area contributed by atoms with Gasteiger partial charge in [-0.3, -0.25) is 4.90 Å². The quantitative estimate of drug-likeness (QED) is 0.909. The van der Waals surface area contributed by atoms with Crippen molar-refractivity contribution in [3.63, 3.8) is 0 Å². The lowest BCUT2D eigenvalue weighted by Gasteiger charge is -2.28. The third-order valence-electron chi connectivity index (χ3n) is 3.40. The molecule has 1 heterocycles. The summed E-state index contributed by atoms with van der Waals surface area (Å²) in [5.74, 6) is -1.06. The van der Waals surface area contributed by atoms with Crippen LogP contribution in [-0.2, 0) is 4.74 Å². The number of hydrogen-bond donors (Lipinski definition) is 1. The SMILES string of the molecule is CC(C)(C)OC(=O)N1CC(F)CC1c1cccc(C(=O)O)c1. The van der Waals surface area contributed by atoms with Crippen LogP contribution >= 0.6 is 0 Å². The van der Waals surface area contributed by atoms with Gasteiger partial charge in [0.15, 0.2) is 0 Å². The molecule has 0 aromatic heterocycles. The highest BCUT2D eigenvalue weighted by atomic mass is 19.1. The number of ether oxygens (including phenoxy) is 1. The highest BCUT2D eigenvalue weighted by Crippen LogP contribution is 2.35. The second-order valence-corrected chi connectivity index (χ2v) is 6.41. The summed E-state index contributed by atoms with van der Waals surface area (Å²) in [6, 6.07) is 5.72. The zero-order valence-corrected chi connectivity index (χ0v) is 12.9. The Morgan fingerprint density at radius 3 is 2.64 bits per heavy atom. The first kappa shape index (κ1) is 16.3. The summed E-state index contributed by atoms with van der Waals surface area (Å²) in [6.07, 6.45) is -1.59. The van der Waals surface area contributed by atoms with Crippen LogP contribution in [0.15, 0.2) is 24.3 Å². The van der Waals surface area contributed by atoms with Gasteiger partial charge in [-0.1, -0.05) is 12.1 Å². The third-order valence-corrected chi connectivity index (χ3v) is 3.40. The number of nitrogens with zero attached hydrogens (tertiary/aromatic N) is 1. The molecule has 2 rings (SSSR count). The molecule has 1 saturated heterocycles. The number of carboxylic acid groups (broad SMARTS) is 1. The molecule has 0 spiro atoms. The monoisotopic (exact) mass is 309 g/mol. The second-order valence-electron chi connectivity index (χ2n) is 6.41. The zero-order chi connectivity index (χ0) is 16.5. The van der Waals surface area contributed by atoms with Crippen LogP contribution in [0.4, 0.5) is 9.18 Å². The average Bonchev–Trinajstić information content (AvgIpc) is 2.79. The van der Waals surface area contributed by atoms with Crippen molar-refractivity contribution in [3.05, 3.63) is 35.4 Å². The van der Waals surface area contributed by atoms with Crippen LogP contribution in [0.25, 0.3) is 0 Å². The van der Waals surface area contributed by atoms with Crippen molar-refractivity contribution in [2.24, 2.45) is 0 Å². The highest BCUT2D eigenvalue weighted by molar-refractivity contribution is 5.87. The predicted octanol–water partition coefficient (Wildman–Crippen LogP) is 3.40. The van der Waals surface area contributed by atoms with Crippen LogP contribution in [0, 0.1) is 0 Å². The maximum absolute atomic E-state index is 13.8. The molecule has 1 aliphatic heterocycles. The molecule has 1 fully saturated rings. The van der Waals surface area contributed by atoms with Crippen LogP contribution < -0.4 is 0 Å². The van der Waals surface area contributed by atoms with Gasteiger partial charge in [-0.25, -0.2) is 14.0 Å². The van der Waals surface area contributed by atoms with Gasteiger partial charge in [0.2, 0.25) is 0 Å². The number of likely N-dealkylation sites (tertiary alicyclic amines) is 1. The number of amides is 1. The standard InChI is InChI=1S/C16H20FNO4/c1-16(2,3)22-15(21)18-9-12(17)8-13(18)10-5-4-6-11(7-10)14(19)20/h4-7,12-13H,8-9H2,1-3H3,(H,19,20). The molecule has 2 unspecified atom stereocenters. The molecule has 5 nitrogen and oxygen atoms in total. The number of rotatable bonds is 2. The van der Waals surface area contributed by atoms with E-state index in [-0.39, 0.29) is 18.5 Å². The van der Waals surface area contributed by atoms with E-state index in [0.717, 1.165) is 0 Å².